The van der Waals surface area contributed by atoms with Crippen LogP contribution in [0.3, 0.4) is 0 Å². The number of hydrogen-bond donors (Lipinski definition) is 0. The normalized spacial score (nSPS) is 11.4. The summed E-state index contributed by atoms with van der Waals surface area (Å²) in [4.78, 5) is 24.8. The molecule has 53 heavy (non-hydrogen) atoms. The molecule has 0 unspecified atom stereocenters. The number of para-hydroxylation sites is 1. The van der Waals surface area contributed by atoms with Crippen molar-refractivity contribution in [2.75, 3.05) is 0 Å². The lowest BCUT2D eigenvalue weighted by molar-refractivity contribution is 1.07. The number of rotatable bonds is 6. The number of nitrogens with zero attached hydrogens (tertiary/aromatic N) is 6. The van der Waals surface area contributed by atoms with E-state index in [0.29, 0.717) is 17.5 Å². The fourth-order valence-corrected chi connectivity index (χ4v) is 7.15. The van der Waals surface area contributed by atoms with Crippen LogP contribution in [0.4, 0.5) is 0 Å². The Morgan fingerprint density at radius 1 is 0.321 bits per heavy atom. The van der Waals surface area contributed by atoms with Gasteiger partial charge < -0.3 is 0 Å². The molecule has 0 radical (unpaired) electrons. The number of pyridine rings is 1. The first kappa shape index (κ1) is 30.5. The largest absolute Gasteiger partial charge is 0.292 e. The van der Waals surface area contributed by atoms with Crippen molar-refractivity contribution in [1.82, 2.24) is 29.5 Å². The Morgan fingerprint density at radius 3 is 1.32 bits per heavy atom. The minimum absolute atomic E-state index is 0.634. The molecule has 0 aliphatic heterocycles. The highest BCUT2D eigenvalue weighted by atomic mass is 15.1. The predicted octanol–water partition coefficient (Wildman–Crippen LogP) is 11.2. The molecule has 0 aliphatic rings. The van der Waals surface area contributed by atoms with Gasteiger partial charge in [-0.05, 0) is 35.4 Å². The Labute approximate surface area is 305 Å². The summed E-state index contributed by atoms with van der Waals surface area (Å²) in [7, 11) is 0. The van der Waals surface area contributed by atoms with Gasteiger partial charge in [-0.3, -0.25) is 9.55 Å². The Kier molecular flexibility index (Phi) is 7.36. The van der Waals surface area contributed by atoms with Crippen molar-refractivity contribution < 1.29 is 0 Å². The van der Waals surface area contributed by atoms with E-state index >= 15 is 0 Å². The molecule has 0 aliphatic carbocycles. The molecule has 0 fully saturated rings. The first-order valence-electron chi connectivity index (χ1n) is 17.6. The molecule has 0 spiro atoms. The van der Waals surface area contributed by atoms with Crippen LogP contribution in [0.5, 0.6) is 0 Å². The van der Waals surface area contributed by atoms with Crippen LogP contribution < -0.4 is 0 Å². The maximum Gasteiger partial charge on any atom is 0.164 e. The van der Waals surface area contributed by atoms with E-state index in [9.17, 15) is 0 Å². The van der Waals surface area contributed by atoms with Crippen LogP contribution in [-0.4, -0.2) is 29.5 Å². The molecule has 0 amide bonds. The second kappa shape index (κ2) is 12.8. The molecule has 7 aromatic carbocycles. The number of benzene rings is 7. The van der Waals surface area contributed by atoms with Gasteiger partial charge in [0, 0.05) is 50.3 Å². The smallest absolute Gasteiger partial charge is 0.164 e. The summed E-state index contributed by atoms with van der Waals surface area (Å²) >= 11 is 0. The molecule has 6 heteroatoms. The van der Waals surface area contributed by atoms with Crippen molar-refractivity contribution >= 4 is 32.7 Å². The van der Waals surface area contributed by atoms with E-state index in [0.717, 1.165) is 77.6 Å². The van der Waals surface area contributed by atoms with Gasteiger partial charge in [0.25, 0.3) is 0 Å². The fraction of sp³-hybridized carbons (Fsp3) is 0. The van der Waals surface area contributed by atoms with Crippen LogP contribution >= 0.6 is 0 Å². The summed E-state index contributed by atoms with van der Waals surface area (Å²) in [5.41, 5.74) is 10.1. The highest BCUT2D eigenvalue weighted by Gasteiger charge is 2.20. The molecular weight excluding hydrogens is 649 g/mol. The van der Waals surface area contributed by atoms with Crippen molar-refractivity contribution in [2.45, 2.75) is 0 Å². The lowest BCUT2D eigenvalue weighted by atomic mass is 10.0. The van der Waals surface area contributed by atoms with Gasteiger partial charge in [-0.15, -0.1) is 0 Å². The second-order valence-corrected chi connectivity index (χ2v) is 12.9. The van der Waals surface area contributed by atoms with E-state index in [1.807, 2.05) is 79.0 Å². The number of fused-ring (bicyclic) bond motifs is 6. The predicted molar refractivity (Wildman–Crippen MR) is 214 cm³/mol. The minimum atomic E-state index is 0.634. The van der Waals surface area contributed by atoms with E-state index in [2.05, 4.69) is 108 Å². The molecule has 0 bridgehead atoms. The minimum Gasteiger partial charge on any atom is -0.292 e. The summed E-state index contributed by atoms with van der Waals surface area (Å²) < 4.78 is 2.28. The molecule has 0 atom stereocenters. The fourth-order valence-electron chi connectivity index (χ4n) is 7.15. The van der Waals surface area contributed by atoms with Gasteiger partial charge in [0.2, 0.25) is 0 Å². The zero-order chi connectivity index (χ0) is 35.1. The maximum absolute atomic E-state index is 5.36. The Morgan fingerprint density at radius 2 is 0.755 bits per heavy atom. The summed E-state index contributed by atoms with van der Waals surface area (Å²) in [6.45, 7) is 0. The SMILES string of the molecule is c1ccc(-c2nc(-c3ccccc3)nc(-c3ccc(-c4ccc(-c5nc6c7ccccc7c7ncccc7c6n5-c5ccccc5)cc4)cc3)n2)cc1. The van der Waals surface area contributed by atoms with E-state index in [4.69, 9.17) is 24.9 Å². The lowest BCUT2D eigenvalue weighted by Gasteiger charge is -2.12. The van der Waals surface area contributed by atoms with Gasteiger partial charge in [0.1, 0.15) is 5.82 Å². The molecular formula is C47H30N6. The Bertz CT molecular complexity index is 2850. The molecule has 248 valence electrons. The molecule has 0 N–H and O–H groups in total. The molecule has 3 heterocycles. The zero-order valence-electron chi connectivity index (χ0n) is 28.5. The third kappa shape index (κ3) is 5.41. The summed E-state index contributed by atoms with van der Waals surface area (Å²) in [5.74, 6) is 2.81. The zero-order valence-corrected chi connectivity index (χ0v) is 28.5. The molecule has 0 saturated heterocycles. The van der Waals surface area contributed by atoms with Crippen molar-refractivity contribution in [3.05, 3.63) is 182 Å². The number of aromatic nitrogens is 6. The molecule has 0 saturated carbocycles. The molecule has 3 aromatic heterocycles. The lowest BCUT2D eigenvalue weighted by Crippen LogP contribution is -2.00. The average Bonchev–Trinajstić information content (AvgIpc) is 3.66. The van der Waals surface area contributed by atoms with Gasteiger partial charge in [0.15, 0.2) is 17.5 Å². The highest BCUT2D eigenvalue weighted by molar-refractivity contribution is 6.23. The second-order valence-electron chi connectivity index (χ2n) is 12.9. The van der Waals surface area contributed by atoms with Crippen molar-refractivity contribution in [1.29, 1.82) is 0 Å². The quantitative estimate of drug-likeness (QED) is 0.164. The van der Waals surface area contributed by atoms with Gasteiger partial charge in [-0.25, -0.2) is 19.9 Å². The molecule has 10 aromatic rings. The third-order valence-corrected chi connectivity index (χ3v) is 9.71. The van der Waals surface area contributed by atoms with Crippen LogP contribution in [0.15, 0.2) is 182 Å². The van der Waals surface area contributed by atoms with Gasteiger partial charge in [0.05, 0.1) is 16.6 Å². The van der Waals surface area contributed by atoms with Crippen LogP contribution in [0.2, 0.25) is 0 Å². The van der Waals surface area contributed by atoms with E-state index in [-0.39, 0.29) is 0 Å². The Balaban J connectivity index is 1.05. The first-order valence-corrected chi connectivity index (χ1v) is 17.6. The summed E-state index contributed by atoms with van der Waals surface area (Å²) in [6, 6.07) is 60.2. The van der Waals surface area contributed by atoms with Gasteiger partial charge >= 0.3 is 0 Å². The maximum atomic E-state index is 5.36. The highest BCUT2D eigenvalue weighted by Crippen LogP contribution is 2.39. The first-order chi connectivity index (χ1) is 26.3. The van der Waals surface area contributed by atoms with E-state index in [1.165, 1.54) is 0 Å². The topological polar surface area (TPSA) is 69.4 Å². The van der Waals surface area contributed by atoms with Crippen molar-refractivity contribution in [2.24, 2.45) is 0 Å². The van der Waals surface area contributed by atoms with E-state index in [1.54, 1.807) is 0 Å². The van der Waals surface area contributed by atoms with Crippen molar-refractivity contribution in [3.8, 4) is 62.4 Å². The monoisotopic (exact) mass is 678 g/mol. The van der Waals surface area contributed by atoms with Gasteiger partial charge in [-0.1, -0.05) is 152 Å². The standard InChI is InChI=1S/C47H30N6/c1-4-13-33(14-5-1)44-50-45(34-15-6-2-7-16-34)52-46(51-44)35-26-22-31(23-27-35)32-24-28-36(29-25-32)47-49-42-39-20-11-10-19-38(39)41-40(21-12-30-48-41)43(42)53(47)37-17-8-3-9-18-37/h1-30H. The molecule has 6 nitrogen and oxygen atoms in total. The van der Waals surface area contributed by atoms with Crippen molar-refractivity contribution in [3.63, 3.8) is 0 Å². The van der Waals surface area contributed by atoms with Gasteiger partial charge in [-0.2, -0.15) is 0 Å². The van der Waals surface area contributed by atoms with E-state index < -0.39 is 0 Å². The van der Waals surface area contributed by atoms with Crippen LogP contribution in [0, 0.1) is 0 Å². The Hall–Kier alpha value is -7.31. The average molecular weight is 679 g/mol. The van der Waals surface area contributed by atoms with Crippen LogP contribution in [0.25, 0.3) is 95.1 Å². The third-order valence-electron chi connectivity index (χ3n) is 9.71. The van der Waals surface area contributed by atoms with Crippen LogP contribution in [-0.2, 0) is 0 Å². The van der Waals surface area contributed by atoms with Crippen LogP contribution in [0.1, 0.15) is 0 Å². The summed E-state index contributed by atoms with van der Waals surface area (Å²) in [5, 5.41) is 3.26. The number of imidazole rings is 1. The molecule has 10 rings (SSSR count). The summed E-state index contributed by atoms with van der Waals surface area (Å²) in [6.07, 6.45) is 1.87. The number of hydrogen-bond acceptors (Lipinski definition) is 5.